The Labute approximate surface area is 86.5 Å². The summed E-state index contributed by atoms with van der Waals surface area (Å²) in [5.74, 6) is 1.64. The Kier molecular flexibility index (Phi) is 4.50. The van der Waals surface area contributed by atoms with Gasteiger partial charge in [-0.1, -0.05) is 26.7 Å². The van der Waals surface area contributed by atoms with Crippen LogP contribution >= 0.6 is 12.2 Å². The van der Waals surface area contributed by atoms with E-state index >= 15 is 0 Å². The Bertz CT molecular complexity index is 164. The van der Waals surface area contributed by atoms with Gasteiger partial charge in [0.05, 0.1) is 0 Å². The molecule has 0 aromatic carbocycles. The molecule has 0 bridgehead atoms. The average molecular weight is 200 g/mol. The molecular weight excluding hydrogens is 180 g/mol. The molecule has 0 unspecified atom stereocenters. The molecule has 1 saturated carbocycles. The maximum atomic E-state index is 5.12. The summed E-state index contributed by atoms with van der Waals surface area (Å²) in [5.41, 5.74) is 0. The van der Waals surface area contributed by atoms with Crippen molar-refractivity contribution in [1.82, 2.24) is 10.6 Å². The molecule has 0 spiro atoms. The zero-order chi connectivity index (χ0) is 9.68. The number of rotatable bonds is 5. The molecule has 0 aromatic heterocycles. The van der Waals surface area contributed by atoms with Gasteiger partial charge in [-0.25, -0.2) is 0 Å². The largest absolute Gasteiger partial charge is 0.363 e. The number of hydrogen-bond donors (Lipinski definition) is 2. The van der Waals surface area contributed by atoms with Gasteiger partial charge in [-0.2, -0.15) is 0 Å². The lowest BCUT2D eigenvalue weighted by Gasteiger charge is -2.11. The van der Waals surface area contributed by atoms with E-state index in [1.165, 1.54) is 19.3 Å². The SMILES string of the molecule is CC(C)CNC(=S)NCCC1CC1. The molecule has 13 heavy (non-hydrogen) atoms. The fourth-order valence-corrected chi connectivity index (χ4v) is 1.34. The van der Waals surface area contributed by atoms with E-state index in [1.807, 2.05) is 0 Å². The highest BCUT2D eigenvalue weighted by Crippen LogP contribution is 2.31. The molecule has 0 saturated heterocycles. The van der Waals surface area contributed by atoms with Crippen molar-refractivity contribution in [2.75, 3.05) is 13.1 Å². The van der Waals surface area contributed by atoms with E-state index in [2.05, 4.69) is 24.5 Å². The summed E-state index contributed by atoms with van der Waals surface area (Å²) < 4.78 is 0. The molecular formula is C10H20N2S. The first-order valence-corrected chi connectivity index (χ1v) is 5.61. The van der Waals surface area contributed by atoms with Gasteiger partial charge in [-0.3, -0.25) is 0 Å². The lowest BCUT2D eigenvalue weighted by Crippen LogP contribution is -2.37. The Balaban J connectivity index is 1.90. The monoisotopic (exact) mass is 200 g/mol. The van der Waals surface area contributed by atoms with Crippen molar-refractivity contribution < 1.29 is 0 Å². The van der Waals surface area contributed by atoms with E-state index in [4.69, 9.17) is 12.2 Å². The molecule has 2 N–H and O–H groups in total. The number of thiocarbonyl (C=S) groups is 1. The van der Waals surface area contributed by atoms with Crippen LogP contribution in [0.4, 0.5) is 0 Å². The molecule has 1 rings (SSSR count). The third kappa shape index (κ3) is 5.86. The minimum Gasteiger partial charge on any atom is -0.363 e. The van der Waals surface area contributed by atoms with Crippen molar-refractivity contribution in [3.8, 4) is 0 Å². The van der Waals surface area contributed by atoms with Crippen LogP contribution in [0.25, 0.3) is 0 Å². The van der Waals surface area contributed by atoms with Gasteiger partial charge in [0.25, 0.3) is 0 Å². The van der Waals surface area contributed by atoms with Crippen LogP contribution < -0.4 is 10.6 Å². The van der Waals surface area contributed by atoms with Crippen molar-refractivity contribution >= 4 is 17.3 Å². The highest BCUT2D eigenvalue weighted by Gasteiger charge is 2.20. The van der Waals surface area contributed by atoms with Gasteiger partial charge in [-0.05, 0) is 30.5 Å². The van der Waals surface area contributed by atoms with Crippen molar-refractivity contribution in [3.63, 3.8) is 0 Å². The Morgan fingerprint density at radius 2 is 2.08 bits per heavy atom. The molecule has 1 aliphatic rings. The number of hydrogen-bond acceptors (Lipinski definition) is 1. The zero-order valence-corrected chi connectivity index (χ0v) is 9.41. The quantitative estimate of drug-likeness (QED) is 0.663. The van der Waals surface area contributed by atoms with Gasteiger partial charge in [0.15, 0.2) is 5.11 Å². The minimum absolute atomic E-state index is 0.656. The number of nitrogens with one attached hydrogen (secondary N) is 2. The van der Waals surface area contributed by atoms with E-state index in [1.54, 1.807) is 0 Å². The Morgan fingerprint density at radius 3 is 2.62 bits per heavy atom. The third-order valence-corrected chi connectivity index (χ3v) is 2.49. The smallest absolute Gasteiger partial charge is 0.166 e. The second kappa shape index (κ2) is 5.43. The fraction of sp³-hybridized carbons (Fsp3) is 0.900. The molecule has 2 nitrogen and oxygen atoms in total. The van der Waals surface area contributed by atoms with Crippen LogP contribution in [0.2, 0.25) is 0 Å². The maximum absolute atomic E-state index is 5.12. The first-order valence-electron chi connectivity index (χ1n) is 5.20. The molecule has 1 aliphatic carbocycles. The van der Waals surface area contributed by atoms with E-state index in [0.29, 0.717) is 5.92 Å². The Morgan fingerprint density at radius 1 is 1.38 bits per heavy atom. The van der Waals surface area contributed by atoms with Gasteiger partial charge in [0.1, 0.15) is 0 Å². The molecule has 0 heterocycles. The van der Waals surface area contributed by atoms with Crippen molar-refractivity contribution in [2.24, 2.45) is 11.8 Å². The van der Waals surface area contributed by atoms with Crippen LogP contribution in [0, 0.1) is 11.8 Å². The summed E-state index contributed by atoms with van der Waals surface area (Å²) in [7, 11) is 0. The van der Waals surface area contributed by atoms with E-state index in [-0.39, 0.29) is 0 Å². The molecule has 76 valence electrons. The van der Waals surface area contributed by atoms with Gasteiger partial charge >= 0.3 is 0 Å². The summed E-state index contributed by atoms with van der Waals surface area (Å²) in [6.07, 6.45) is 4.13. The molecule has 3 heteroatoms. The first-order chi connectivity index (χ1) is 6.18. The van der Waals surface area contributed by atoms with Crippen LogP contribution in [-0.4, -0.2) is 18.2 Å². The van der Waals surface area contributed by atoms with Crippen molar-refractivity contribution in [2.45, 2.75) is 33.1 Å². The third-order valence-electron chi connectivity index (χ3n) is 2.21. The topological polar surface area (TPSA) is 24.1 Å². The summed E-state index contributed by atoms with van der Waals surface area (Å²) in [4.78, 5) is 0. The molecule has 0 aliphatic heterocycles. The minimum atomic E-state index is 0.656. The predicted octanol–water partition coefficient (Wildman–Crippen LogP) is 1.91. The summed E-state index contributed by atoms with van der Waals surface area (Å²) in [5, 5.41) is 7.24. The molecule has 1 fully saturated rings. The highest BCUT2D eigenvalue weighted by molar-refractivity contribution is 7.80. The van der Waals surface area contributed by atoms with E-state index in [9.17, 15) is 0 Å². The fourth-order valence-electron chi connectivity index (χ4n) is 1.16. The van der Waals surface area contributed by atoms with Gasteiger partial charge in [0.2, 0.25) is 0 Å². The summed E-state index contributed by atoms with van der Waals surface area (Å²) in [6.45, 7) is 6.36. The standard InChI is InChI=1S/C10H20N2S/c1-8(2)7-12-10(13)11-6-5-9-3-4-9/h8-9H,3-7H2,1-2H3,(H2,11,12,13). The van der Waals surface area contributed by atoms with Crippen LogP contribution in [0.15, 0.2) is 0 Å². The molecule has 0 atom stereocenters. The normalized spacial score (nSPS) is 15.9. The zero-order valence-electron chi connectivity index (χ0n) is 8.60. The average Bonchev–Trinajstić information content (AvgIpc) is 2.84. The molecule has 0 amide bonds. The van der Waals surface area contributed by atoms with Crippen LogP contribution in [0.5, 0.6) is 0 Å². The summed E-state index contributed by atoms with van der Waals surface area (Å²) in [6, 6.07) is 0. The van der Waals surface area contributed by atoms with Gasteiger partial charge in [0, 0.05) is 13.1 Å². The highest BCUT2D eigenvalue weighted by atomic mass is 32.1. The van der Waals surface area contributed by atoms with Crippen molar-refractivity contribution in [1.29, 1.82) is 0 Å². The second-order valence-electron chi connectivity index (χ2n) is 4.26. The molecule has 0 aromatic rings. The Hall–Kier alpha value is -0.310. The van der Waals surface area contributed by atoms with E-state index < -0.39 is 0 Å². The van der Waals surface area contributed by atoms with Crippen molar-refractivity contribution in [3.05, 3.63) is 0 Å². The molecule has 0 radical (unpaired) electrons. The van der Waals surface area contributed by atoms with Crippen LogP contribution in [-0.2, 0) is 0 Å². The van der Waals surface area contributed by atoms with E-state index in [0.717, 1.165) is 24.1 Å². The first kappa shape index (κ1) is 10.8. The lowest BCUT2D eigenvalue weighted by molar-refractivity contribution is 0.614. The van der Waals surface area contributed by atoms with Crippen LogP contribution in [0.1, 0.15) is 33.1 Å². The summed E-state index contributed by atoms with van der Waals surface area (Å²) >= 11 is 5.12. The maximum Gasteiger partial charge on any atom is 0.166 e. The second-order valence-corrected chi connectivity index (χ2v) is 4.67. The lowest BCUT2D eigenvalue weighted by atomic mass is 10.2. The van der Waals surface area contributed by atoms with Gasteiger partial charge in [-0.15, -0.1) is 0 Å². The van der Waals surface area contributed by atoms with Crippen LogP contribution in [0.3, 0.4) is 0 Å². The van der Waals surface area contributed by atoms with Gasteiger partial charge < -0.3 is 10.6 Å². The predicted molar refractivity (Wildman–Crippen MR) is 60.8 cm³/mol.